The first-order valence-corrected chi connectivity index (χ1v) is 10.5. The lowest BCUT2D eigenvalue weighted by Gasteiger charge is -2.15. The van der Waals surface area contributed by atoms with Crippen molar-refractivity contribution in [3.63, 3.8) is 0 Å². The third kappa shape index (κ3) is 7.14. The van der Waals surface area contributed by atoms with Crippen molar-refractivity contribution in [2.45, 2.75) is 60.5 Å². The van der Waals surface area contributed by atoms with Crippen molar-refractivity contribution in [1.82, 2.24) is 0 Å². The first-order valence-electron chi connectivity index (χ1n) is 8.78. The maximum Gasteiger partial charge on any atom is 0.207 e. The Labute approximate surface area is 154 Å². The van der Waals surface area contributed by atoms with E-state index in [-0.39, 0.29) is 10.4 Å². The smallest absolute Gasteiger partial charge is 0.207 e. The minimum atomic E-state index is 0.0271. The summed E-state index contributed by atoms with van der Waals surface area (Å²) in [6, 6.07) is 20.2. The lowest BCUT2D eigenvalue weighted by Crippen LogP contribution is -2.13. The fourth-order valence-corrected chi connectivity index (χ4v) is 4.58. The molecule has 0 bridgehead atoms. The zero-order valence-electron chi connectivity index (χ0n) is 14.3. The molecule has 1 nitrogen and oxygen atoms in total. The van der Waals surface area contributed by atoms with Crippen LogP contribution in [0.5, 0.6) is 0 Å². The van der Waals surface area contributed by atoms with Crippen LogP contribution in [0.25, 0.3) is 0 Å². The van der Waals surface area contributed by atoms with Gasteiger partial charge in [0.15, 0.2) is 0 Å². The summed E-state index contributed by atoms with van der Waals surface area (Å²) < 4.78 is 0. The molecule has 128 valence electrons. The Morgan fingerprint density at radius 2 is 1.42 bits per heavy atom. The van der Waals surface area contributed by atoms with Gasteiger partial charge in [0.05, 0.1) is 5.25 Å². The number of hydrogen-bond donors (Lipinski definition) is 0. The van der Waals surface area contributed by atoms with Crippen LogP contribution in [0, 0.1) is 0 Å². The van der Waals surface area contributed by atoms with E-state index in [1.165, 1.54) is 42.3 Å². The first kappa shape index (κ1) is 19.1. The molecule has 0 saturated carbocycles. The van der Waals surface area contributed by atoms with Gasteiger partial charge in [-0.05, 0) is 30.7 Å². The fraction of sp³-hybridized carbons (Fsp3) is 0.381. The van der Waals surface area contributed by atoms with Crippen molar-refractivity contribution < 1.29 is 4.79 Å². The van der Waals surface area contributed by atoms with Crippen molar-refractivity contribution in [2.75, 3.05) is 0 Å². The largest absolute Gasteiger partial charge is 0.286 e. The molecule has 1 atom stereocenters. The van der Waals surface area contributed by atoms with Gasteiger partial charge in [-0.1, -0.05) is 87.2 Å². The minimum Gasteiger partial charge on any atom is -0.286 e. The van der Waals surface area contributed by atoms with Gasteiger partial charge in [0.25, 0.3) is 0 Å². The summed E-state index contributed by atoms with van der Waals surface area (Å²) in [4.78, 5) is 15.0. The molecule has 0 fully saturated rings. The van der Waals surface area contributed by atoms with Crippen LogP contribution < -0.4 is 0 Å². The van der Waals surface area contributed by atoms with Crippen molar-refractivity contribution in [3.8, 4) is 0 Å². The van der Waals surface area contributed by atoms with E-state index in [1.54, 1.807) is 11.8 Å². The summed E-state index contributed by atoms with van der Waals surface area (Å²) in [5.41, 5.74) is 0. The van der Waals surface area contributed by atoms with Crippen LogP contribution in [0.4, 0.5) is 0 Å². The van der Waals surface area contributed by atoms with Crippen LogP contribution in [0.3, 0.4) is 0 Å². The molecule has 2 rings (SSSR count). The van der Waals surface area contributed by atoms with E-state index in [1.807, 2.05) is 48.5 Å². The van der Waals surface area contributed by atoms with Crippen LogP contribution >= 0.6 is 23.5 Å². The Hall–Kier alpha value is -1.19. The molecule has 2 aromatic carbocycles. The Morgan fingerprint density at radius 1 is 0.833 bits per heavy atom. The molecule has 0 aliphatic heterocycles. The molecule has 0 spiro atoms. The van der Waals surface area contributed by atoms with Gasteiger partial charge < -0.3 is 0 Å². The lowest BCUT2D eigenvalue weighted by molar-refractivity contribution is -0.110. The highest BCUT2D eigenvalue weighted by Crippen LogP contribution is 2.32. The van der Waals surface area contributed by atoms with Crippen LogP contribution in [0.1, 0.15) is 45.4 Å². The summed E-state index contributed by atoms with van der Waals surface area (Å²) in [6.07, 6.45) is 7.14. The lowest BCUT2D eigenvalue weighted by atomic mass is 10.1. The topological polar surface area (TPSA) is 17.1 Å². The molecular weight excluding hydrogens is 332 g/mol. The summed E-state index contributed by atoms with van der Waals surface area (Å²) in [5.74, 6) is 0. The van der Waals surface area contributed by atoms with E-state index in [4.69, 9.17) is 0 Å². The molecule has 3 heteroatoms. The van der Waals surface area contributed by atoms with E-state index in [0.29, 0.717) is 0 Å². The highest BCUT2D eigenvalue weighted by Gasteiger charge is 2.20. The molecule has 2 aromatic rings. The zero-order valence-corrected chi connectivity index (χ0v) is 16.0. The molecule has 0 aromatic heterocycles. The molecule has 1 unspecified atom stereocenters. The van der Waals surface area contributed by atoms with Crippen LogP contribution in [0.2, 0.25) is 0 Å². The molecule has 0 amide bonds. The molecule has 0 N–H and O–H groups in total. The van der Waals surface area contributed by atoms with Gasteiger partial charge in [-0.3, -0.25) is 4.79 Å². The number of carbonyl (C=O) groups is 1. The highest BCUT2D eigenvalue weighted by atomic mass is 32.2. The summed E-state index contributed by atoms with van der Waals surface area (Å²) in [6.45, 7) is 2.23. The number of unbranched alkanes of at least 4 members (excludes halogenated alkanes) is 4. The quantitative estimate of drug-likeness (QED) is 0.342. The second kappa shape index (κ2) is 11.4. The maximum atomic E-state index is 12.8. The standard InChI is InChI=1S/C21H26OS2/c1-2-3-4-5-12-17-20(23-18-13-8-6-9-14-18)21(22)24-19-15-10-7-11-16-19/h6-11,13-16,20H,2-5,12,17H2,1H3. The molecule has 0 radical (unpaired) electrons. The molecule has 0 saturated heterocycles. The van der Waals surface area contributed by atoms with Crippen molar-refractivity contribution in [3.05, 3.63) is 60.7 Å². The Kier molecular flexibility index (Phi) is 9.07. The van der Waals surface area contributed by atoms with Crippen molar-refractivity contribution in [1.29, 1.82) is 0 Å². The molecule has 24 heavy (non-hydrogen) atoms. The predicted molar refractivity (Wildman–Crippen MR) is 107 cm³/mol. The normalized spacial score (nSPS) is 12.0. The van der Waals surface area contributed by atoms with E-state index in [2.05, 4.69) is 19.1 Å². The van der Waals surface area contributed by atoms with Gasteiger partial charge in [0.2, 0.25) is 5.12 Å². The van der Waals surface area contributed by atoms with E-state index in [0.717, 1.165) is 17.7 Å². The van der Waals surface area contributed by atoms with Gasteiger partial charge in [-0.25, -0.2) is 0 Å². The third-order valence-corrected chi connectivity index (χ3v) is 6.24. The average Bonchev–Trinajstić information content (AvgIpc) is 2.62. The van der Waals surface area contributed by atoms with Gasteiger partial charge in [0.1, 0.15) is 0 Å². The van der Waals surface area contributed by atoms with Crippen LogP contribution in [-0.2, 0) is 4.79 Å². The molecule has 0 heterocycles. The predicted octanol–water partition coefficient (Wildman–Crippen LogP) is 6.83. The fourth-order valence-electron chi connectivity index (χ4n) is 2.49. The van der Waals surface area contributed by atoms with Gasteiger partial charge >= 0.3 is 0 Å². The van der Waals surface area contributed by atoms with Gasteiger partial charge in [-0.2, -0.15) is 0 Å². The van der Waals surface area contributed by atoms with Crippen LogP contribution in [0.15, 0.2) is 70.5 Å². The number of rotatable bonds is 10. The minimum absolute atomic E-state index is 0.0271. The van der Waals surface area contributed by atoms with E-state index < -0.39 is 0 Å². The average molecular weight is 359 g/mol. The molecular formula is C21H26OS2. The van der Waals surface area contributed by atoms with E-state index in [9.17, 15) is 4.79 Å². The Balaban J connectivity index is 1.94. The first-order chi connectivity index (χ1) is 11.8. The van der Waals surface area contributed by atoms with E-state index >= 15 is 0 Å². The number of carbonyl (C=O) groups excluding carboxylic acids is 1. The monoisotopic (exact) mass is 358 g/mol. The molecule has 0 aliphatic rings. The van der Waals surface area contributed by atoms with Gasteiger partial charge in [-0.15, -0.1) is 11.8 Å². The zero-order chi connectivity index (χ0) is 17.0. The summed E-state index contributed by atoms with van der Waals surface area (Å²) in [7, 11) is 0. The Morgan fingerprint density at radius 3 is 2.04 bits per heavy atom. The van der Waals surface area contributed by atoms with Crippen molar-refractivity contribution >= 4 is 28.6 Å². The van der Waals surface area contributed by atoms with Crippen molar-refractivity contribution in [2.24, 2.45) is 0 Å². The number of hydrogen-bond acceptors (Lipinski definition) is 3. The maximum absolute atomic E-state index is 12.8. The second-order valence-corrected chi connectivity index (χ2v) is 8.21. The number of benzene rings is 2. The number of thioether (sulfide) groups is 2. The third-order valence-electron chi connectivity index (χ3n) is 3.82. The van der Waals surface area contributed by atoms with Gasteiger partial charge in [0, 0.05) is 9.79 Å². The summed E-state index contributed by atoms with van der Waals surface area (Å²) >= 11 is 3.09. The second-order valence-electron chi connectivity index (χ2n) is 5.86. The molecule has 0 aliphatic carbocycles. The SMILES string of the molecule is CCCCCCCC(Sc1ccccc1)C(=O)Sc1ccccc1. The summed E-state index contributed by atoms with van der Waals surface area (Å²) in [5, 5.41) is 0.296. The highest BCUT2D eigenvalue weighted by molar-refractivity contribution is 8.16. The Bertz CT molecular complexity index is 583. The van der Waals surface area contributed by atoms with Crippen LogP contribution in [-0.4, -0.2) is 10.4 Å².